The van der Waals surface area contributed by atoms with Crippen molar-refractivity contribution in [2.45, 2.75) is 33.1 Å². The van der Waals surface area contributed by atoms with Gasteiger partial charge >= 0.3 is 0 Å². The van der Waals surface area contributed by atoms with Crippen molar-refractivity contribution in [3.8, 4) is 0 Å². The number of hydrogen-bond acceptors (Lipinski definition) is 3. The van der Waals surface area contributed by atoms with Gasteiger partial charge in [0.2, 0.25) is 5.91 Å². The predicted octanol–water partition coefficient (Wildman–Crippen LogP) is 2.17. The van der Waals surface area contributed by atoms with Gasteiger partial charge < -0.3 is 15.7 Å². The van der Waals surface area contributed by atoms with Crippen LogP contribution in [0, 0.1) is 5.92 Å². The molecule has 1 aromatic carbocycles. The Morgan fingerprint density at radius 1 is 1.19 bits per heavy atom. The average molecular weight is 292 g/mol. The minimum atomic E-state index is -0.185. The number of carbonyl (C=O) groups excluding carboxylic acids is 2. The van der Waals surface area contributed by atoms with Crippen LogP contribution in [0.3, 0.4) is 0 Å². The Morgan fingerprint density at radius 2 is 1.90 bits per heavy atom. The third-order valence-corrected chi connectivity index (χ3v) is 2.93. The maximum Gasteiger partial charge on any atom is 0.253 e. The lowest BCUT2D eigenvalue weighted by Gasteiger charge is -2.12. The molecule has 5 nitrogen and oxygen atoms in total. The first-order valence-electron chi connectivity index (χ1n) is 7.32. The summed E-state index contributed by atoms with van der Waals surface area (Å²) in [5, 5.41) is 14.3. The van der Waals surface area contributed by atoms with Crippen molar-refractivity contribution < 1.29 is 14.7 Å². The molecular weight excluding hydrogens is 268 g/mol. The molecular formula is C16H24N2O3. The van der Waals surface area contributed by atoms with Crippen LogP contribution in [-0.4, -0.2) is 30.1 Å². The first-order valence-corrected chi connectivity index (χ1v) is 7.32. The summed E-state index contributed by atoms with van der Waals surface area (Å²) in [5.74, 6) is 0.0386. The largest absolute Gasteiger partial charge is 0.396 e. The zero-order valence-electron chi connectivity index (χ0n) is 12.7. The molecule has 21 heavy (non-hydrogen) atoms. The lowest BCUT2D eigenvalue weighted by atomic mass is 10.1. The number of para-hydroxylation sites is 1. The Hall–Kier alpha value is -1.88. The maximum atomic E-state index is 12.1. The van der Waals surface area contributed by atoms with E-state index in [-0.39, 0.29) is 18.4 Å². The molecule has 0 aliphatic rings. The average Bonchev–Trinajstić information content (AvgIpc) is 2.45. The quantitative estimate of drug-likeness (QED) is 0.643. The summed E-state index contributed by atoms with van der Waals surface area (Å²) in [6, 6.07) is 6.96. The van der Waals surface area contributed by atoms with E-state index in [1.807, 2.05) is 13.8 Å². The summed E-state index contributed by atoms with van der Waals surface area (Å²) in [6.07, 6.45) is 1.57. The van der Waals surface area contributed by atoms with Crippen LogP contribution >= 0.6 is 0 Å². The first-order chi connectivity index (χ1) is 10.0. The van der Waals surface area contributed by atoms with Crippen molar-refractivity contribution in [2.75, 3.05) is 18.5 Å². The van der Waals surface area contributed by atoms with E-state index in [4.69, 9.17) is 5.11 Å². The summed E-state index contributed by atoms with van der Waals surface area (Å²) in [4.78, 5) is 23.9. The third kappa shape index (κ3) is 6.40. The number of hydrogen-bond donors (Lipinski definition) is 3. The van der Waals surface area contributed by atoms with Gasteiger partial charge in [-0.1, -0.05) is 26.0 Å². The van der Waals surface area contributed by atoms with E-state index < -0.39 is 0 Å². The van der Waals surface area contributed by atoms with Gasteiger partial charge in [0.1, 0.15) is 0 Å². The summed E-state index contributed by atoms with van der Waals surface area (Å²) in [7, 11) is 0. The van der Waals surface area contributed by atoms with Gasteiger partial charge in [-0.3, -0.25) is 9.59 Å². The molecule has 0 atom stereocenters. The van der Waals surface area contributed by atoms with Crippen LogP contribution in [0.4, 0.5) is 5.69 Å². The highest BCUT2D eigenvalue weighted by Crippen LogP contribution is 2.15. The van der Waals surface area contributed by atoms with Gasteiger partial charge in [-0.25, -0.2) is 0 Å². The molecule has 0 fully saturated rings. The van der Waals surface area contributed by atoms with Crippen LogP contribution in [0.1, 0.15) is 43.5 Å². The van der Waals surface area contributed by atoms with E-state index in [1.165, 1.54) is 0 Å². The molecule has 0 bridgehead atoms. The topological polar surface area (TPSA) is 78.4 Å². The number of benzene rings is 1. The lowest BCUT2D eigenvalue weighted by Crippen LogP contribution is -2.28. The first kappa shape index (κ1) is 17.2. The molecule has 0 aliphatic carbocycles. The smallest absolute Gasteiger partial charge is 0.253 e. The molecule has 1 aromatic rings. The second-order valence-electron chi connectivity index (χ2n) is 5.38. The fourth-order valence-corrected chi connectivity index (χ4v) is 1.79. The molecule has 2 amide bonds. The summed E-state index contributed by atoms with van der Waals surface area (Å²) in [6.45, 7) is 4.73. The van der Waals surface area contributed by atoms with Crippen molar-refractivity contribution in [1.29, 1.82) is 0 Å². The second kappa shape index (κ2) is 9.13. The molecule has 0 unspecified atom stereocenters. The van der Waals surface area contributed by atoms with Crippen molar-refractivity contribution in [2.24, 2.45) is 5.92 Å². The molecule has 0 saturated heterocycles. The third-order valence-electron chi connectivity index (χ3n) is 2.93. The van der Waals surface area contributed by atoms with Gasteiger partial charge in [0.05, 0.1) is 11.3 Å². The zero-order chi connectivity index (χ0) is 15.7. The highest BCUT2D eigenvalue weighted by Gasteiger charge is 2.12. The number of nitrogens with one attached hydrogen (secondary N) is 2. The number of amides is 2. The monoisotopic (exact) mass is 292 g/mol. The molecule has 1 rings (SSSR count). The molecule has 0 spiro atoms. The lowest BCUT2D eigenvalue weighted by molar-refractivity contribution is -0.116. The summed E-state index contributed by atoms with van der Waals surface area (Å²) < 4.78 is 0. The van der Waals surface area contributed by atoms with E-state index in [9.17, 15) is 9.59 Å². The Labute approximate surface area is 125 Å². The van der Waals surface area contributed by atoms with E-state index in [0.29, 0.717) is 43.0 Å². The Morgan fingerprint density at radius 3 is 2.57 bits per heavy atom. The van der Waals surface area contributed by atoms with Crippen LogP contribution in [0.15, 0.2) is 24.3 Å². The minimum absolute atomic E-state index is 0.0848. The molecule has 5 heteroatoms. The SMILES string of the molecule is CC(C)CNC(=O)c1ccccc1NC(=O)CCCCO. The number of aliphatic hydroxyl groups is 1. The Balaban J connectivity index is 2.66. The van der Waals surface area contributed by atoms with Crippen molar-refractivity contribution in [3.05, 3.63) is 29.8 Å². The van der Waals surface area contributed by atoms with E-state index in [0.717, 1.165) is 0 Å². The minimum Gasteiger partial charge on any atom is -0.396 e. The number of unbranched alkanes of at least 4 members (excludes halogenated alkanes) is 1. The molecule has 3 N–H and O–H groups in total. The van der Waals surface area contributed by atoms with Crippen molar-refractivity contribution in [1.82, 2.24) is 5.32 Å². The highest BCUT2D eigenvalue weighted by atomic mass is 16.3. The van der Waals surface area contributed by atoms with E-state index in [2.05, 4.69) is 10.6 Å². The molecule has 0 aliphatic heterocycles. The van der Waals surface area contributed by atoms with Crippen molar-refractivity contribution in [3.63, 3.8) is 0 Å². The number of aliphatic hydroxyl groups excluding tert-OH is 1. The van der Waals surface area contributed by atoms with Gasteiger partial charge in [-0.2, -0.15) is 0 Å². The van der Waals surface area contributed by atoms with E-state index >= 15 is 0 Å². The highest BCUT2D eigenvalue weighted by molar-refractivity contribution is 6.03. The van der Waals surface area contributed by atoms with Gasteiger partial charge in [-0.15, -0.1) is 0 Å². The fraction of sp³-hybridized carbons (Fsp3) is 0.500. The van der Waals surface area contributed by atoms with Crippen LogP contribution in [-0.2, 0) is 4.79 Å². The van der Waals surface area contributed by atoms with Gasteiger partial charge in [0.25, 0.3) is 5.91 Å². The van der Waals surface area contributed by atoms with Crippen LogP contribution in [0.2, 0.25) is 0 Å². The Kier molecular flexibility index (Phi) is 7.46. The molecule has 0 radical (unpaired) electrons. The normalized spacial score (nSPS) is 10.5. The number of anilines is 1. The number of rotatable bonds is 8. The summed E-state index contributed by atoms with van der Waals surface area (Å²) >= 11 is 0. The molecule has 0 heterocycles. The molecule has 0 saturated carbocycles. The van der Waals surface area contributed by atoms with E-state index in [1.54, 1.807) is 24.3 Å². The fourth-order valence-electron chi connectivity index (χ4n) is 1.79. The standard InChI is InChI=1S/C16H24N2O3/c1-12(2)11-17-16(21)13-7-3-4-8-14(13)18-15(20)9-5-6-10-19/h3-4,7-8,12,19H,5-6,9-11H2,1-2H3,(H,17,21)(H,18,20). The van der Waals surface area contributed by atoms with Gasteiger partial charge in [-0.05, 0) is 30.9 Å². The Bertz CT molecular complexity index is 472. The van der Waals surface area contributed by atoms with Crippen molar-refractivity contribution >= 4 is 17.5 Å². The number of carbonyl (C=O) groups is 2. The second-order valence-corrected chi connectivity index (χ2v) is 5.38. The summed E-state index contributed by atoms with van der Waals surface area (Å²) in [5.41, 5.74) is 0.987. The van der Waals surface area contributed by atoms with Gasteiger partial charge in [0, 0.05) is 19.6 Å². The molecule has 116 valence electrons. The zero-order valence-corrected chi connectivity index (χ0v) is 12.7. The van der Waals surface area contributed by atoms with Gasteiger partial charge in [0.15, 0.2) is 0 Å². The molecule has 0 aromatic heterocycles. The van der Waals surface area contributed by atoms with Crippen LogP contribution in [0.25, 0.3) is 0 Å². The van der Waals surface area contributed by atoms with Crippen LogP contribution < -0.4 is 10.6 Å². The predicted molar refractivity (Wildman–Crippen MR) is 83.2 cm³/mol. The van der Waals surface area contributed by atoms with Crippen LogP contribution in [0.5, 0.6) is 0 Å². The maximum absolute atomic E-state index is 12.1.